The van der Waals surface area contributed by atoms with Crippen LogP contribution in [0.1, 0.15) is 5.56 Å². The largest absolute Gasteiger partial charge is 0.493 e. The van der Waals surface area contributed by atoms with Gasteiger partial charge in [0.2, 0.25) is 5.88 Å². The molecule has 1 aromatic carbocycles. The number of aromatic amines is 1. The Kier molecular flexibility index (Phi) is 2.50. The highest BCUT2D eigenvalue weighted by Gasteiger charge is 2.31. The van der Waals surface area contributed by atoms with Crippen LogP contribution in [-0.4, -0.2) is 15.1 Å². The van der Waals surface area contributed by atoms with E-state index in [9.17, 15) is 23.1 Å². The van der Waals surface area contributed by atoms with Gasteiger partial charge in [-0.15, -0.1) is 0 Å². The Bertz CT molecular complexity index is 651. The highest BCUT2D eigenvalue weighted by atomic mass is 35.5. The number of hydrogen-bond acceptors (Lipinski definition) is 3. The SMILES string of the molecule is O=c1nc(O)c2cc(C(F)(F)F)cc(Cl)c2[nH]1. The molecule has 0 spiro atoms. The molecular weight excluding hydrogens is 261 g/mol. The maximum atomic E-state index is 12.5. The van der Waals surface area contributed by atoms with Gasteiger partial charge in [0.25, 0.3) is 0 Å². The number of benzene rings is 1. The molecule has 8 heteroatoms. The molecule has 1 aromatic heterocycles. The predicted molar refractivity (Wildman–Crippen MR) is 54.0 cm³/mol. The van der Waals surface area contributed by atoms with Crippen molar-refractivity contribution in [2.45, 2.75) is 6.18 Å². The van der Waals surface area contributed by atoms with Gasteiger partial charge in [-0.25, -0.2) is 4.79 Å². The van der Waals surface area contributed by atoms with Crippen LogP contribution in [-0.2, 0) is 6.18 Å². The minimum absolute atomic E-state index is 0.0860. The highest BCUT2D eigenvalue weighted by molar-refractivity contribution is 6.35. The molecule has 4 nitrogen and oxygen atoms in total. The van der Waals surface area contributed by atoms with Crippen molar-refractivity contribution in [3.63, 3.8) is 0 Å². The molecule has 0 aliphatic heterocycles. The van der Waals surface area contributed by atoms with Crippen LogP contribution in [0.2, 0.25) is 5.02 Å². The molecule has 2 rings (SSSR count). The van der Waals surface area contributed by atoms with E-state index in [1.807, 2.05) is 0 Å². The molecule has 2 aromatic rings. The van der Waals surface area contributed by atoms with Crippen LogP contribution in [0.3, 0.4) is 0 Å². The van der Waals surface area contributed by atoms with Gasteiger partial charge in [0.1, 0.15) is 0 Å². The molecule has 2 N–H and O–H groups in total. The van der Waals surface area contributed by atoms with E-state index in [4.69, 9.17) is 11.6 Å². The maximum absolute atomic E-state index is 12.5. The molecule has 0 saturated heterocycles. The molecule has 0 radical (unpaired) electrons. The van der Waals surface area contributed by atoms with E-state index in [-0.39, 0.29) is 15.9 Å². The summed E-state index contributed by atoms with van der Waals surface area (Å²) in [5.74, 6) is -0.795. The summed E-state index contributed by atoms with van der Waals surface area (Å²) in [5.41, 5.74) is -2.01. The Labute approximate surface area is 96.7 Å². The first-order valence-corrected chi connectivity index (χ1v) is 4.66. The molecule has 0 saturated carbocycles. The lowest BCUT2D eigenvalue weighted by molar-refractivity contribution is -0.137. The molecule has 0 atom stereocenters. The lowest BCUT2D eigenvalue weighted by Crippen LogP contribution is -2.11. The van der Waals surface area contributed by atoms with Crippen LogP contribution >= 0.6 is 11.6 Å². The molecule has 1 heterocycles. The van der Waals surface area contributed by atoms with E-state index in [2.05, 4.69) is 9.97 Å². The molecule has 0 aliphatic rings. The summed E-state index contributed by atoms with van der Waals surface area (Å²) in [6.07, 6.45) is -4.60. The number of hydrogen-bond donors (Lipinski definition) is 2. The number of nitrogens with one attached hydrogen (secondary N) is 1. The molecule has 0 unspecified atom stereocenters. The Morgan fingerprint density at radius 1 is 1.35 bits per heavy atom. The van der Waals surface area contributed by atoms with E-state index in [1.54, 1.807) is 0 Å². The van der Waals surface area contributed by atoms with Gasteiger partial charge in [-0.2, -0.15) is 18.2 Å². The maximum Gasteiger partial charge on any atom is 0.416 e. The first-order valence-electron chi connectivity index (χ1n) is 4.29. The fraction of sp³-hybridized carbons (Fsp3) is 0.111. The van der Waals surface area contributed by atoms with Gasteiger partial charge in [-0.3, -0.25) is 0 Å². The minimum atomic E-state index is -4.60. The lowest BCUT2D eigenvalue weighted by atomic mass is 10.1. The first-order chi connectivity index (χ1) is 7.79. The Balaban J connectivity index is 2.87. The minimum Gasteiger partial charge on any atom is -0.493 e. The average Bonchev–Trinajstić information content (AvgIpc) is 2.17. The number of nitrogens with zero attached hydrogens (tertiary/aromatic N) is 1. The summed E-state index contributed by atoms with van der Waals surface area (Å²) >= 11 is 5.60. The van der Waals surface area contributed by atoms with Crippen molar-refractivity contribution in [1.82, 2.24) is 9.97 Å². The number of rotatable bonds is 0. The summed E-state index contributed by atoms with van der Waals surface area (Å²) in [4.78, 5) is 16.2. The second kappa shape index (κ2) is 3.63. The van der Waals surface area contributed by atoms with Gasteiger partial charge in [0, 0.05) is 0 Å². The fourth-order valence-electron chi connectivity index (χ4n) is 1.37. The summed E-state index contributed by atoms with van der Waals surface area (Å²) in [5, 5.41) is 8.73. The van der Waals surface area contributed by atoms with Crippen molar-refractivity contribution in [3.8, 4) is 5.88 Å². The van der Waals surface area contributed by atoms with E-state index in [0.29, 0.717) is 12.1 Å². The number of aromatic nitrogens is 2. The van der Waals surface area contributed by atoms with Gasteiger partial charge in [-0.05, 0) is 12.1 Å². The summed E-state index contributed by atoms with van der Waals surface area (Å²) in [6.45, 7) is 0. The Morgan fingerprint density at radius 2 is 2.00 bits per heavy atom. The third kappa shape index (κ3) is 2.05. The number of H-pyrrole nitrogens is 1. The normalized spacial score (nSPS) is 12.0. The standard InChI is InChI=1S/C9H4ClF3N2O2/c10-5-2-3(9(11,12)13)1-4-6(5)14-8(17)15-7(4)16/h1-2H,(H2,14,15,16,17). The second-order valence-electron chi connectivity index (χ2n) is 3.24. The molecule has 0 fully saturated rings. The second-order valence-corrected chi connectivity index (χ2v) is 3.65. The molecule has 0 aliphatic carbocycles. The van der Waals surface area contributed by atoms with Gasteiger partial charge in [0.15, 0.2) is 0 Å². The third-order valence-corrected chi connectivity index (χ3v) is 2.40. The van der Waals surface area contributed by atoms with Crippen molar-refractivity contribution in [2.24, 2.45) is 0 Å². The number of halogens is 4. The summed E-state index contributed by atoms with van der Waals surface area (Å²) in [7, 11) is 0. The third-order valence-electron chi connectivity index (χ3n) is 2.10. The van der Waals surface area contributed by atoms with Crippen molar-refractivity contribution in [3.05, 3.63) is 33.2 Å². The van der Waals surface area contributed by atoms with Crippen LogP contribution in [0.15, 0.2) is 16.9 Å². The molecule has 90 valence electrons. The molecule has 0 bridgehead atoms. The topological polar surface area (TPSA) is 66.0 Å². The smallest absolute Gasteiger partial charge is 0.416 e. The van der Waals surface area contributed by atoms with Crippen LogP contribution in [0.5, 0.6) is 5.88 Å². The Hall–Kier alpha value is -1.76. The van der Waals surface area contributed by atoms with Crippen LogP contribution in [0.25, 0.3) is 10.9 Å². The summed E-state index contributed by atoms with van der Waals surface area (Å²) < 4.78 is 37.4. The predicted octanol–water partition coefficient (Wildman–Crippen LogP) is 2.30. The van der Waals surface area contributed by atoms with Crippen molar-refractivity contribution in [2.75, 3.05) is 0 Å². The van der Waals surface area contributed by atoms with Crippen molar-refractivity contribution >= 4 is 22.5 Å². The highest BCUT2D eigenvalue weighted by Crippen LogP contribution is 2.35. The monoisotopic (exact) mass is 264 g/mol. The zero-order valence-electron chi connectivity index (χ0n) is 7.97. The average molecular weight is 265 g/mol. The lowest BCUT2D eigenvalue weighted by Gasteiger charge is -2.09. The number of alkyl halides is 3. The number of fused-ring (bicyclic) bond motifs is 1. The zero-order chi connectivity index (χ0) is 12.8. The van der Waals surface area contributed by atoms with E-state index < -0.39 is 23.3 Å². The number of aromatic hydroxyl groups is 1. The molecule has 0 amide bonds. The van der Waals surface area contributed by atoms with Crippen LogP contribution < -0.4 is 5.69 Å². The van der Waals surface area contributed by atoms with Gasteiger partial charge in [-0.1, -0.05) is 11.6 Å². The van der Waals surface area contributed by atoms with Crippen LogP contribution in [0.4, 0.5) is 13.2 Å². The fourth-order valence-corrected chi connectivity index (χ4v) is 1.63. The van der Waals surface area contributed by atoms with Gasteiger partial charge < -0.3 is 10.1 Å². The quantitative estimate of drug-likeness (QED) is 0.767. The molecule has 17 heavy (non-hydrogen) atoms. The summed E-state index contributed by atoms with van der Waals surface area (Å²) in [6, 6.07) is 1.33. The van der Waals surface area contributed by atoms with Crippen LogP contribution in [0, 0.1) is 0 Å². The zero-order valence-corrected chi connectivity index (χ0v) is 8.73. The van der Waals surface area contributed by atoms with E-state index >= 15 is 0 Å². The van der Waals surface area contributed by atoms with E-state index in [1.165, 1.54) is 0 Å². The van der Waals surface area contributed by atoms with E-state index in [0.717, 1.165) is 0 Å². The van der Waals surface area contributed by atoms with Gasteiger partial charge >= 0.3 is 11.9 Å². The van der Waals surface area contributed by atoms with Gasteiger partial charge in [0.05, 0.1) is 21.5 Å². The Morgan fingerprint density at radius 3 is 2.59 bits per heavy atom. The van der Waals surface area contributed by atoms with Crippen molar-refractivity contribution in [1.29, 1.82) is 0 Å². The van der Waals surface area contributed by atoms with Crippen molar-refractivity contribution < 1.29 is 18.3 Å². The first kappa shape index (κ1) is 11.7. The molecular formula is C9H4ClF3N2O2.